The van der Waals surface area contributed by atoms with Crippen LogP contribution in [0.4, 0.5) is 0 Å². The molecule has 33 heavy (non-hydrogen) atoms. The lowest BCUT2D eigenvalue weighted by molar-refractivity contribution is -0.134. The minimum Gasteiger partial charge on any atom is -0.493 e. The van der Waals surface area contributed by atoms with Gasteiger partial charge in [-0.05, 0) is 54.7 Å². The van der Waals surface area contributed by atoms with Gasteiger partial charge in [-0.15, -0.1) is 12.4 Å². The van der Waals surface area contributed by atoms with E-state index in [1.165, 1.54) is 0 Å². The lowest BCUT2D eigenvalue weighted by Gasteiger charge is -2.36. The van der Waals surface area contributed by atoms with Crippen LogP contribution in [0.5, 0.6) is 17.2 Å². The molecule has 0 bridgehead atoms. The second-order valence-corrected chi connectivity index (χ2v) is 7.74. The van der Waals surface area contributed by atoms with Gasteiger partial charge in [0.25, 0.3) is 0 Å². The maximum absolute atomic E-state index is 13.4. The van der Waals surface area contributed by atoms with Gasteiger partial charge in [-0.3, -0.25) is 14.9 Å². The molecule has 9 heteroatoms. The van der Waals surface area contributed by atoms with Crippen molar-refractivity contribution in [3.05, 3.63) is 54.1 Å². The van der Waals surface area contributed by atoms with Crippen LogP contribution < -0.4 is 14.2 Å². The van der Waals surface area contributed by atoms with Gasteiger partial charge in [0.2, 0.25) is 11.7 Å². The summed E-state index contributed by atoms with van der Waals surface area (Å²) in [4.78, 5) is 19.5. The van der Waals surface area contributed by atoms with E-state index >= 15 is 0 Å². The Morgan fingerprint density at radius 3 is 2.42 bits per heavy atom. The fourth-order valence-corrected chi connectivity index (χ4v) is 4.36. The Morgan fingerprint density at radius 2 is 1.79 bits per heavy atom. The number of carbonyl (C=O) groups excluding carboxylic acids is 1. The predicted molar refractivity (Wildman–Crippen MR) is 127 cm³/mol. The number of hydrogen-bond donors (Lipinski definition) is 1. The second-order valence-electron chi connectivity index (χ2n) is 7.74. The van der Waals surface area contributed by atoms with Crippen LogP contribution in [-0.2, 0) is 11.2 Å². The summed E-state index contributed by atoms with van der Waals surface area (Å²) in [6, 6.07) is 7.52. The summed E-state index contributed by atoms with van der Waals surface area (Å²) in [6.07, 6.45) is 8.53. The molecule has 4 rings (SSSR count). The first-order chi connectivity index (χ1) is 15.7. The first-order valence-corrected chi connectivity index (χ1v) is 10.7. The first kappa shape index (κ1) is 24.4. The van der Waals surface area contributed by atoms with Gasteiger partial charge in [0.1, 0.15) is 0 Å². The molecule has 1 atom stereocenters. The molecule has 0 radical (unpaired) electrons. The van der Waals surface area contributed by atoms with Crippen molar-refractivity contribution in [2.75, 3.05) is 27.9 Å². The Balaban J connectivity index is 0.00000306. The van der Waals surface area contributed by atoms with Gasteiger partial charge < -0.3 is 19.1 Å². The van der Waals surface area contributed by atoms with E-state index in [9.17, 15) is 4.79 Å². The molecular formula is C24H29ClN4O4. The zero-order valence-electron chi connectivity index (χ0n) is 19.0. The smallest absolute Gasteiger partial charge is 0.227 e. The molecule has 1 N–H and O–H groups in total. The van der Waals surface area contributed by atoms with Crippen LogP contribution >= 0.6 is 12.4 Å². The van der Waals surface area contributed by atoms with Crippen LogP contribution in [0.3, 0.4) is 0 Å². The number of piperidine rings is 1. The topological polar surface area (TPSA) is 89.6 Å². The Hall–Kier alpha value is -3.26. The Kier molecular flexibility index (Phi) is 8.16. The molecule has 0 spiro atoms. The minimum atomic E-state index is -0.0519. The quantitative estimate of drug-likeness (QED) is 0.554. The predicted octanol–water partition coefficient (Wildman–Crippen LogP) is 4.22. The maximum atomic E-state index is 13.4. The SMILES string of the molecule is COc1cc(CC(=O)N2CCCCC2c2[nH]ncc2-c2ccncc2)cc(OC)c1OC.Cl. The summed E-state index contributed by atoms with van der Waals surface area (Å²) in [6.45, 7) is 0.711. The number of H-pyrrole nitrogens is 1. The van der Waals surface area contributed by atoms with Crippen molar-refractivity contribution in [3.8, 4) is 28.4 Å². The second kappa shape index (κ2) is 11.0. The van der Waals surface area contributed by atoms with Gasteiger partial charge in [0.15, 0.2) is 11.5 Å². The van der Waals surface area contributed by atoms with E-state index in [0.717, 1.165) is 41.6 Å². The van der Waals surface area contributed by atoms with Crippen molar-refractivity contribution >= 4 is 18.3 Å². The number of rotatable bonds is 7. The highest BCUT2D eigenvalue weighted by atomic mass is 35.5. The van der Waals surface area contributed by atoms with E-state index < -0.39 is 0 Å². The normalized spacial score (nSPS) is 15.5. The molecule has 1 aliphatic rings. The molecule has 0 aliphatic carbocycles. The molecule has 3 aromatic rings. The summed E-state index contributed by atoms with van der Waals surface area (Å²) < 4.78 is 16.3. The number of halogens is 1. The largest absolute Gasteiger partial charge is 0.493 e. The lowest BCUT2D eigenvalue weighted by Crippen LogP contribution is -2.39. The average Bonchev–Trinajstić information content (AvgIpc) is 3.33. The monoisotopic (exact) mass is 472 g/mol. The molecule has 1 saturated heterocycles. The van der Waals surface area contributed by atoms with Gasteiger partial charge in [-0.25, -0.2) is 0 Å². The van der Waals surface area contributed by atoms with Gasteiger partial charge >= 0.3 is 0 Å². The molecular weight excluding hydrogens is 444 g/mol. The number of hydrogen-bond acceptors (Lipinski definition) is 6. The number of ether oxygens (including phenoxy) is 3. The van der Waals surface area contributed by atoms with Crippen LogP contribution in [0.15, 0.2) is 42.9 Å². The van der Waals surface area contributed by atoms with E-state index in [1.54, 1.807) is 33.7 Å². The van der Waals surface area contributed by atoms with Crippen LogP contribution in [0.1, 0.15) is 36.6 Å². The first-order valence-electron chi connectivity index (χ1n) is 10.7. The van der Waals surface area contributed by atoms with Crippen LogP contribution in [-0.4, -0.2) is 53.9 Å². The van der Waals surface area contributed by atoms with Crippen LogP contribution in [0.2, 0.25) is 0 Å². The van der Waals surface area contributed by atoms with Gasteiger partial charge in [-0.2, -0.15) is 5.10 Å². The van der Waals surface area contributed by atoms with Gasteiger partial charge in [-0.1, -0.05) is 0 Å². The molecule has 8 nitrogen and oxygen atoms in total. The maximum Gasteiger partial charge on any atom is 0.227 e. The van der Waals surface area contributed by atoms with E-state index in [2.05, 4.69) is 15.2 Å². The van der Waals surface area contributed by atoms with Crippen molar-refractivity contribution in [1.82, 2.24) is 20.1 Å². The molecule has 1 aliphatic heterocycles. The molecule has 2 aromatic heterocycles. The zero-order chi connectivity index (χ0) is 22.5. The standard InChI is InChI=1S/C24H28N4O4.ClH/c1-30-20-12-16(13-21(31-2)24(20)32-3)14-22(29)28-11-5-4-6-19(28)23-18(15-26-27-23)17-7-9-25-10-8-17;/h7-10,12-13,15,19H,4-6,11,14H2,1-3H3,(H,26,27);1H. The summed E-state index contributed by atoms with van der Waals surface area (Å²) in [5.74, 6) is 1.65. The summed E-state index contributed by atoms with van der Waals surface area (Å²) in [7, 11) is 4.71. The number of likely N-dealkylation sites (tertiary alicyclic amines) is 1. The van der Waals surface area contributed by atoms with Crippen molar-refractivity contribution < 1.29 is 19.0 Å². The fraction of sp³-hybridized carbons (Fsp3) is 0.375. The molecule has 1 fully saturated rings. The van der Waals surface area contributed by atoms with Crippen molar-refractivity contribution in [2.45, 2.75) is 31.7 Å². The van der Waals surface area contributed by atoms with E-state index in [-0.39, 0.29) is 30.8 Å². The number of amides is 1. The molecule has 1 unspecified atom stereocenters. The minimum absolute atomic E-state index is 0. The van der Waals surface area contributed by atoms with Crippen LogP contribution in [0, 0.1) is 0 Å². The number of nitrogens with one attached hydrogen (secondary N) is 1. The third-order valence-corrected chi connectivity index (χ3v) is 5.90. The molecule has 176 valence electrons. The van der Waals surface area contributed by atoms with E-state index in [0.29, 0.717) is 23.8 Å². The summed E-state index contributed by atoms with van der Waals surface area (Å²) in [5, 5.41) is 7.44. The number of methoxy groups -OCH3 is 3. The number of benzene rings is 1. The van der Waals surface area contributed by atoms with Crippen molar-refractivity contribution in [2.24, 2.45) is 0 Å². The average molecular weight is 473 g/mol. The third kappa shape index (κ3) is 5.06. The van der Waals surface area contributed by atoms with Gasteiger partial charge in [0.05, 0.1) is 45.7 Å². The molecule has 0 saturated carbocycles. The van der Waals surface area contributed by atoms with Gasteiger partial charge in [0, 0.05) is 24.5 Å². The van der Waals surface area contributed by atoms with Crippen LogP contribution in [0.25, 0.3) is 11.1 Å². The third-order valence-electron chi connectivity index (χ3n) is 5.90. The van der Waals surface area contributed by atoms with Crippen molar-refractivity contribution in [1.29, 1.82) is 0 Å². The lowest BCUT2D eigenvalue weighted by atomic mass is 9.94. The zero-order valence-corrected chi connectivity index (χ0v) is 19.9. The number of carbonyl (C=O) groups is 1. The van der Waals surface area contributed by atoms with E-state index in [4.69, 9.17) is 14.2 Å². The fourth-order valence-electron chi connectivity index (χ4n) is 4.36. The van der Waals surface area contributed by atoms with Crippen molar-refractivity contribution in [3.63, 3.8) is 0 Å². The highest BCUT2D eigenvalue weighted by molar-refractivity contribution is 5.85. The number of aromatic amines is 1. The number of aromatic nitrogens is 3. The Labute approximate surface area is 199 Å². The highest BCUT2D eigenvalue weighted by Gasteiger charge is 2.31. The molecule has 1 amide bonds. The number of nitrogens with zero attached hydrogens (tertiary/aromatic N) is 3. The Morgan fingerprint density at radius 1 is 1.09 bits per heavy atom. The molecule has 1 aromatic carbocycles. The number of pyridine rings is 1. The molecule has 3 heterocycles. The summed E-state index contributed by atoms with van der Waals surface area (Å²) >= 11 is 0. The van der Waals surface area contributed by atoms with E-state index in [1.807, 2.05) is 35.4 Å². The summed E-state index contributed by atoms with van der Waals surface area (Å²) in [5.41, 5.74) is 3.82. The highest BCUT2D eigenvalue weighted by Crippen LogP contribution is 2.39. The Bertz CT molecular complexity index is 1050.